The number of hydrogen-bond donors (Lipinski definition) is 3. The van der Waals surface area contributed by atoms with E-state index in [0.717, 1.165) is 37.1 Å². The van der Waals surface area contributed by atoms with Gasteiger partial charge in [0.05, 0.1) is 11.3 Å². The lowest BCUT2D eigenvalue weighted by molar-refractivity contribution is -0.149. The third-order valence-corrected chi connectivity index (χ3v) is 7.86. The molecule has 4 rings (SSSR count). The molecule has 2 saturated heterocycles. The van der Waals surface area contributed by atoms with Crippen molar-refractivity contribution in [1.82, 2.24) is 10.6 Å². The molecule has 2 atom stereocenters. The van der Waals surface area contributed by atoms with E-state index in [-0.39, 0.29) is 23.7 Å². The van der Waals surface area contributed by atoms with Crippen LogP contribution in [0.4, 0.5) is 0 Å². The highest BCUT2D eigenvalue weighted by molar-refractivity contribution is 8.02. The lowest BCUT2D eigenvalue weighted by Crippen LogP contribution is -2.54. The zero-order chi connectivity index (χ0) is 21.7. The molecule has 2 aromatic carbocycles. The van der Waals surface area contributed by atoms with Gasteiger partial charge in [0.25, 0.3) is 0 Å². The van der Waals surface area contributed by atoms with Gasteiger partial charge in [0.2, 0.25) is 0 Å². The second kappa shape index (κ2) is 9.42. The standard InChI is InChI=1S/C24H28N2O4S/c27-20(28)16-24(15-18-7-3-1-4-8-18)26-21(23(31-24)11-13-25-14-12-23)22(29)30-17-19-9-5-2-6-10-19/h1-10,21,25-26H,11-17H2,(H,27,28). The molecule has 2 unspecified atom stereocenters. The fourth-order valence-electron chi connectivity index (χ4n) is 4.61. The molecular formula is C24H28N2O4S. The van der Waals surface area contributed by atoms with E-state index in [0.29, 0.717) is 6.42 Å². The number of aliphatic carboxylic acids is 1. The zero-order valence-electron chi connectivity index (χ0n) is 17.4. The van der Waals surface area contributed by atoms with Crippen molar-refractivity contribution in [3.63, 3.8) is 0 Å². The van der Waals surface area contributed by atoms with Crippen molar-refractivity contribution in [2.45, 2.75) is 47.9 Å². The maximum Gasteiger partial charge on any atom is 0.324 e. The molecule has 6 nitrogen and oxygen atoms in total. The quantitative estimate of drug-likeness (QED) is 0.571. The molecule has 2 aliphatic heterocycles. The fourth-order valence-corrected chi connectivity index (χ4v) is 6.68. The van der Waals surface area contributed by atoms with E-state index in [1.807, 2.05) is 60.7 Å². The minimum Gasteiger partial charge on any atom is -0.481 e. The van der Waals surface area contributed by atoms with Gasteiger partial charge >= 0.3 is 11.9 Å². The molecule has 0 aromatic heterocycles. The summed E-state index contributed by atoms with van der Waals surface area (Å²) in [7, 11) is 0. The normalized spacial score (nSPS) is 24.7. The summed E-state index contributed by atoms with van der Waals surface area (Å²) in [5.74, 6) is -1.18. The maximum absolute atomic E-state index is 13.3. The largest absolute Gasteiger partial charge is 0.481 e. The Morgan fingerprint density at radius 3 is 2.23 bits per heavy atom. The van der Waals surface area contributed by atoms with Crippen LogP contribution in [-0.4, -0.2) is 45.8 Å². The summed E-state index contributed by atoms with van der Waals surface area (Å²) in [4.78, 5) is 24.3. The number of piperidine rings is 1. The van der Waals surface area contributed by atoms with E-state index in [2.05, 4.69) is 10.6 Å². The second-order valence-electron chi connectivity index (χ2n) is 8.31. The molecule has 2 fully saturated rings. The number of nitrogens with one attached hydrogen (secondary N) is 2. The van der Waals surface area contributed by atoms with Crippen LogP contribution in [0.25, 0.3) is 0 Å². The van der Waals surface area contributed by atoms with Crippen LogP contribution < -0.4 is 10.6 Å². The summed E-state index contributed by atoms with van der Waals surface area (Å²) in [6, 6.07) is 18.9. The summed E-state index contributed by atoms with van der Waals surface area (Å²) < 4.78 is 5.32. The number of carboxylic acid groups (broad SMARTS) is 1. The Kier molecular flexibility index (Phi) is 6.65. The second-order valence-corrected chi connectivity index (χ2v) is 10.1. The van der Waals surface area contributed by atoms with Crippen molar-refractivity contribution in [3.8, 4) is 0 Å². The molecule has 2 heterocycles. The number of ether oxygens (including phenoxy) is 1. The van der Waals surface area contributed by atoms with Crippen molar-refractivity contribution in [2.75, 3.05) is 13.1 Å². The van der Waals surface area contributed by atoms with Gasteiger partial charge in [-0.05, 0) is 37.1 Å². The maximum atomic E-state index is 13.3. The summed E-state index contributed by atoms with van der Waals surface area (Å²) in [5.41, 5.74) is 1.98. The number of carbonyl (C=O) groups excluding carboxylic acids is 1. The van der Waals surface area contributed by atoms with Crippen LogP contribution in [-0.2, 0) is 27.4 Å². The van der Waals surface area contributed by atoms with E-state index in [4.69, 9.17) is 4.74 Å². The molecule has 0 radical (unpaired) electrons. The van der Waals surface area contributed by atoms with Gasteiger partial charge < -0.3 is 15.2 Å². The molecule has 2 aromatic rings. The smallest absolute Gasteiger partial charge is 0.324 e. The summed E-state index contributed by atoms with van der Waals surface area (Å²) in [5, 5.41) is 16.5. The zero-order valence-corrected chi connectivity index (χ0v) is 18.2. The van der Waals surface area contributed by atoms with Gasteiger partial charge in [-0.3, -0.25) is 14.9 Å². The third-order valence-electron chi connectivity index (χ3n) is 6.01. The lowest BCUT2D eigenvalue weighted by Gasteiger charge is -2.37. The first kappa shape index (κ1) is 21.9. The number of carbonyl (C=O) groups is 2. The van der Waals surface area contributed by atoms with Gasteiger partial charge in [0.1, 0.15) is 12.6 Å². The van der Waals surface area contributed by atoms with E-state index < -0.39 is 16.9 Å². The molecular weight excluding hydrogens is 412 g/mol. The molecule has 7 heteroatoms. The van der Waals surface area contributed by atoms with Crippen molar-refractivity contribution in [3.05, 3.63) is 71.8 Å². The van der Waals surface area contributed by atoms with Gasteiger partial charge in [0.15, 0.2) is 0 Å². The average Bonchev–Trinajstić information content (AvgIpc) is 3.06. The van der Waals surface area contributed by atoms with Gasteiger partial charge in [-0.2, -0.15) is 0 Å². The van der Waals surface area contributed by atoms with Crippen LogP contribution in [0.5, 0.6) is 0 Å². The predicted octanol–water partition coefficient (Wildman–Crippen LogP) is 2.97. The molecule has 0 bridgehead atoms. The van der Waals surface area contributed by atoms with Crippen molar-refractivity contribution in [2.24, 2.45) is 0 Å². The van der Waals surface area contributed by atoms with E-state index in [9.17, 15) is 14.7 Å². The van der Waals surface area contributed by atoms with E-state index in [1.54, 1.807) is 11.8 Å². The Bertz CT molecular complexity index is 902. The molecule has 31 heavy (non-hydrogen) atoms. The average molecular weight is 441 g/mol. The highest BCUT2D eigenvalue weighted by Crippen LogP contribution is 2.52. The highest BCUT2D eigenvalue weighted by Gasteiger charge is 2.58. The number of carboxylic acids is 1. The van der Waals surface area contributed by atoms with Crippen LogP contribution in [0.3, 0.4) is 0 Å². The van der Waals surface area contributed by atoms with Crippen molar-refractivity contribution >= 4 is 23.7 Å². The summed E-state index contributed by atoms with van der Waals surface area (Å²) in [6.07, 6.45) is 2.03. The van der Waals surface area contributed by atoms with E-state index in [1.165, 1.54) is 0 Å². The first-order valence-corrected chi connectivity index (χ1v) is 11.5. The minimum atomic E-state index is -0.877. The first-order chi connectivity index (χ1) is 15.0. The molecule has 1 spiro atoms. The molecule has 3 N–H and O–H groups in total. The summed E-state index contributed by atoms with van der Waals surface area (Å²) in [6.45, 7) is 1.80. The Labute approximate surface area is 186 Å². The first-order valence-electron chi connectivity index (χ1n) is 10.7. The molecule has 0 amide bonds. The third kappa shape index (κ3) is 5.11. The number of hydrogen-bond acceptors (Lipinski definition) is 6. The number of benzene rings is 2. The van der Waals surface area contributed by atoms with Crippen LogP contribution in [0.1, 0.15) is 30.4 Å². The van der Waals surface area contributed by atoms with Gasteiger partial charge in [0, 0.05) is 11.2 Å². The van der Waals surface area contributed by atoms with Crippen LogP contribution in [0.15, 0.2) is 60.7 Å². The topological polar surface area (TPSA) is 87.7 Å². The van der Waals surface area contributed by atoms with Crippen LogP contribution >= 0.6 is 11.8 Å². The lowest BCUT2D eigenvalue weighted by atomic mass is 9.88. The van der Waals surface area contributed by atoms with Crippen molar-refractivity contribution in [1.29, 1.82) is 0 Å². The Hall–Kier alpha value is -2.35. The monoisotopic (exact) mass is 440 g/mol. The van der Waals surface area contributed by atoms with Gasteiger partial charge in [-0.15, -0.1) is 11.8 Å². The van der Waals surface area contributed by atoms with Crippen LogP contribution in [0, 0.1) is 0 Å². The van der Waals surface area contributed by atoms with Gasteiger partial charge in [-0.25, -0.2) is 0 Å². The van der Waals surface area contributed by atoms with Crippen LogP contribution in [0.2, 0.25) is 0 Å². The van der Waals surface area contributed by atoms with Crippen molar-refractivity contribution < 1.29 is 19.4 Å². The predicted molar refractivity (Wildman–Crippen MR) is 121 cm³/mol. The molecule has 164 valence electrons. The molecule has 0 aliphatic carbocycles. The summed E-state index contributed by atoms with van der Waals surface area (Å²) >= 11 is 1.63. The molecule has 2 aliphatic rings. The SMILES string of the molecule is O=C(O)CC1(Cc2ccccc2)NC(C(=O)OCc2ccccc2)C2(CCNCC2)S1. The Balaban J connectivity index is 1.59. The Morgan fingerprint density at radius 2 is 1.61 bits per heavy atom. The Morgan fingerprint density at radius 1 is 1.00 bits per heavy atom. The fraction of sp³-hybridized carbons (Fsp3) is 0.417. The number of rotatable bonds is 7. The van der Waals surface area contributed by atoms with Gasteiger partial charge in [-0.1, -0.05) is 60.7 Å². The van der Waals surface area contributed by atoms with E-state index >= 15 is 0 Å². The minimum absolute atomic E-state index is 0.0653. The number of thioether (sulfide) groups is 1. The highest BCUT2D eigenvalue weighted by atomic mass is 32.2. The molecule has 0 saturated carbocycles. The number of esters is 1.